The number of rotatable bonds is 4. The van der Waals surface area contributed by atoms with Gasteiger partial charge in [-0.25, -0.2) is 0 Å². The highest BCUT2D eigenvalue weighted by Crippen LogP contribution is 2.29. The number of nitrogens with zero attached hydrogens (tertiary/aromatic N) is 2. The normalized spacial score (nSPS) is 24.5. The average molecular weight is 275 g/mol. The van der Waals surface area contributed by atoms with Crippen LogP contribution < -0.4 is 5.32 Å². The summed E-state index contributed by atoms with van der Waals surface area (Å²) in [7, 11) is 4.08. The number of hydrogen-bond donors (Lipinski definition) is 1. The van der Waals surface area contributed by atoms with Crippen LogP contribution in [0.2, 0.25) is 0 Å². The van der Waals surface area contributed by atoms with Gasteiger partial charge in [0, 0.05) is 12.6 Å². The van der Waals surface area contributed by atoms with Gasteiger partial charge in [-0.05, 0) is 46.0 Å². The van der Waals surface area contributed by atoms with Crippen molar-refractivity contribution in [3.05, 3.63) is 35.4 Å². The third-order valence-electron chi connectivity index (χ3n) is 3.90. The number of amides is 1. The molecule has 1 aliphatic rings. The summed E-state index contributed by atoms with van der Waals surface area (Å²) < 4.78 is 0. The summed E-state index contributed by atoms with van der Waals surface area (Å²) in [4.78, 5) is 16.6. The summed E-state index contributed by atoms with van der Waals surface area (Å²) in [6, 6.07) is 8.33. The average Bonchev–Trinajstić information content (AvgIpc) is 2.65. The monoisotopic (exact) mass is 275 g/mol. The summed E-state index contributed by atoms with van der Waals surface area (Å²) >= 11 is 0. The van der Waals surface area contributed by atoms with Gasteiger partial charge in [-0.15, -0.1) is 0 Å². The molecule has 1 saturated heterocycles. The topological polar surface area (TPSA) is 35.6 Å². The molecule has 1 fully saturated rings. The molecule has 2 rings (SSSR count). The molecule has 1 amide bonds. The zero-order valence-corrected chi connectivity index (χ0v) is 13.1. The third kappa shape index (κ3) is 2.86. The molecule has 0 saturated carbocycles. The van der Waals surface area contributed by atoms with Crippen LogP contribution in [0.5, 0.6) is 0 Å². The zero-order valence-electron chi connectivity index (χ0n) is 13.1. The number of likely N-dealkylation sites (N-methyl/N-ethyl adjacent to an activating group) is 1. The molecule has 3 atom stereocenters. The Bertz CT molecular complexity index is 486. The molecule has 0 aromatic heterocycles. The molecular weight excluding hydrogens is 250 g/mol. The molecule has 1 aromatic carbocycles. The second-order valence-corrected chi connectivity index (χ2v) is 6.00. The summed E-state index contributed by atoms with van der Waals surface area (Å²) in [6.45, 7) is 7.01. The number of carbonyl (C=O) groups excluding carboxylic acids is 1. The van der Waals surface area contributed by atoms with Crippen LogP contribution in [0.3, 0.4) is 0 Å². The molecule has 3 unspecified atom stereocenters. The molecule has 0 radical (unpaired) electrons. The molecule has 0 aliphatic carbocycles. The van der Waals surface area contributed by atoms with E-state index < -0.39 is 0 Å². The summed E-state index contributed by atoms with van der Waals surface area (Å²) in [5.41, 5.74) is 2.41. The van der Waals surface area contributed by atoms with Crippen molar-refractivity contribution in [3.63, 3.8) is 0 Å². The lowest BCUT2D eigenvalue weighted by Gasteiger charge is -2.33. The van der Waals surface area contributed by atoms with Crippen molar-refractivity contribution in [2.24, 2.45) is 0 Å². The first-order valence-electron chi connectivity index (χ1n) is 7.20. The minimum Gasteiger partial charge on any atom is -0.318 e. The van der Waals surface area contributed by atoms with E-state index in [2.05, 4.69) is 36.2 Å². The van der Waals surface area contributed by atoms with Crippen molar-refractivity contribution in [3.8, 4) is 0 Å². The number of hydrogen-bond acceptors (Lipinski definition) is 3. The molecule has 1 heterocycles. The Balaban J connectivity index is 2.31. The summed E-state index contributed by atoms with van der Waals surface area (Å²) in [5.74, 6) is 0.188. The van der Waals surface area contributed by atoms with Crippen LogP contribution in [-0.2, 0) is 4.79 Å². The third-order valence-corrected chi connectivity index (χ3v) is 3.90. The van der Waals surface area contributed by atoms with E-state index in [1.54, 1.807) is 0 Å². The van der Waals surface area contributed by atoms with Gasteiger partial charge < -0.3 is 9.80 Å². The number of benzene rings is 1. The molecule has 1 N–H and O–H groups in total. The predicted octanol–water partition coefficient (Wildman–Crippen LogP) is 1.76. The van der Waals surface area contributed by atoms with Gasteiger partial charge >= 0.3 is 0 Å². The smallest absolute Gasteiger partial charge is 0.241 e. The highest BCUT2D eigenvalue weighted by atomic mass is 16.2. The molecule has 4 nitrogen and oxygen atoms in total. The fraction of sp³-hybridized carbons (Fsp3) is 0.562. The summed E-state index contributed by atoms with van der Waals surface area (Å²) in [6.07, 6.45) is -0.0198. The Labute approximate surface area is 121 Å². The lowest BCUT2D eigenvalue weighted by Crippen LogP contribution is -2.43. The van der Waals surface area contributed by atoms with Crippen LogP contribution in [0.15, 0.2) is 24.3 Å². The second kappa shape index (κ2) is 5.94. The van der Waals surface area contributed by atoms with Gasteiger partial charge in [0.2, 0.25) is 5.91 Å². The van der Waals surface area contributed by atoms with Crippen molar-refractivity contribution in [1.82, 2.24) is 15.1 Å². The van der Waals surface area contributed by atoms with E-state index >= 15 is 0 Å². The van der Waals surface area contributed by atoms with E-state index in [1.807, 2.05) is 38.1 Å². The SMILES string of the molecule is Cc1ccccc1C1NC(C)C(=O)N1C(C)CN(C)C. The maximum absolute atomic E-state index is 12.5. The first-order chi connectivity index (χ1) is 9.41. The van der Waals surface area contributed by atoms with Crippen LogP contribution in [-0.4, -0.2) is 48.4 Å². The Morgan fingerprint density at radius 3 is 2.60 bits per heavy atom. The van der Waals surface area contributed by atoms with E-state index in [0.717, 1.165) is 6.54 Å². The number of carbonyl (C=O) groups is 1. The van der Waals surface area contributed by atoms with Gasteiger partial charge in [0.15, 0.2) is 0 Å². The van der Waals surface area contributed by atoms with Crippen LogP contribution in [0.25, 0.3) is 0 Å². The largest absolute Gasteiger partial charge is 0.318 e. The van der Waals surface area contributed by atoms with Gasteiger partial charge in [0.25, 0.3) is 0 Å². The zero-order chi connectivity index (χ0) is 14.9. The predicted molar refractivity (Wildman–Crippen MR) is 81.4 cm³/mol. The van der Waals surface area contributed by atoms with Crippen LogP contribution in [0.4, 0.5) is 0 Å². The molecule has 4 heteroatoms. The van der Waals surface area contributed by atoms with Crippen molar-refractivity contribution < 1.29 is 4.79 Å². The number of aryl methyl sites for hydroxylation is 1. The highest BCUT2D eigenvalue weighted by molar-refractivity contribution is 5.84. The minimum atomic E-state index is -0.121. The van der Waals surface area contributed by atoms with Crippen molar-refractivity contribution in [2.45, 2.75) is 39.0 Å². The van der Waals surface area contributed by atoms with E-state index in [-0.39, 0.29) is 24.2 Å². The Hall–Kier alpha value is -1.39. The van der Waals surface area contributed by atoms with Crippen molar-refractivity contribution >= 4 is 5.91 Å². The molecule has 0 spiro atoms. The van der Waals surface area contributed by atoms with Crippen LogP contribution in [0.1, 0.15) is 31.1 Å². The lowest BCUT2D eigenvalue weighted by atomic mass is 10.0. The Kier molecular flexibility index (Phi) is 4.45. The fourth-order valence-corrected chi connectivity index (χ4v) is 2.96. The molecule has 0 bridgehead atoms. The molecule has 1 aliphatic heterocycles. The first kappa shape index (κ1) is 15.0. The lowest BCUT2D eigenvalue weighted by molar-refractivity contribution is -0.132. The molecular formula is C16H25N3O. The standard InChI is InChI=1S/C16H25N3O/c1-11-8-6-7-9-14(11)15-17-13(3)16(20)19(15)12(2)10-18(4)5/h6-9,12-13,15,17H,10H2,1-5H3. The fourth-order valence-electron chi connectivity index (χ4n) is 2.96. The molecule has 110 valence electrons. The maximum atomic E-state index is 12.5. The quantitative estimate of drug-likeness (QED) is 0.909. The highest BCUT2D eigenvalue weighted by Gasteiger charge is 2.40. The Morgan fingerprint density at radius 2 is 2.00 bits per heavy atom. The number of nitrogens with one attached hydrogen (secondary N) is 1. The van der Waals surface area contributed by atoms with E-state index in [9.17, 15) is 4.79 Å². The van der Waals surface area contributed by atoms with Crippen LogP contribution in [0, 0.1) is 6.92 Å². The van der Waals surface area contributed by atoms with Gasteiger partial charge in [-0.2, -0.15) is 0 Å². The maximum Gasteiger partial charge on any atom is 0.241 e. The van der Waals surface area contributed by atoms with Gasteiger partial charge in [-0.3, -0.25) is 10.1 Å². The molecule has 1 aromatic rings. The van der Waals surface area contributed by atoms with Gasteiger partial charge in [0.05, 0.1) is 6.04 Å². The molecule has 20 heavy (non-hydrogen) atoms. The van der Waals surface area contributed by atoms with Gasteiger partial charge in [0.1, 0.15) is 6.17 Å². The van der Waals surface area contributed by atoms with E-state index in [1.165, 1.54) is 11.1 Å². The second-order valence-electron chi connectivity index (χ2n) is 6.00. The summed E-state index contributed by atoms with van der Waals surface area (Å²) in [5, 5.41) is 3.42. The van der Waals surface area contributed by atoms with Crippen molar-refractivity contribution in [2.75, 3.05) is 20.6 Å². The van der Waals surface area contributed by atoms with E-state index in [0.29, 0.717) is 0 Å². The Morgan fingerprint density at radius 1 is 1.35 bits per heavy atom. The van der Waals surface area contributed by atoms with E-state index in [4.69, 9.17) is 0 Å². The van der Waals surface area contributed by atoms with Gasteiger partial charge in [-0.1, -0.05) is 24.3 Å². The first-order valence-corrected chi connectivity index (χ1v) is 7.20. The van der Waals surface area contributed by atoms with Crippen LogP contribution >= 0.6 is 0 Å². The minimum absolute atomic E-state index is 0.0198. The van der Waals surface area contributed by atoms with Crippen molar-refractivity contribution in [1.29, 1.82) is 0 Å².